The van der Waals surface area contributed by atoms with Crippen LogP contribution in [0.15, 0.2) is 12.1 Å². The van der Waals surface area contributed by atoms with Crippen LogP contribution in [0, 0.1) is 9.39 Å². The molecule has 1 fully saturated rings. The Morgan fingerprint density at radius 1 is 1.56 bits per heavy atom. The Morgan fingerprint density at radius 3 is 3.06 bits per heavy atom. The van der Waals surface area contributed by atoms with Gasteiger partial charge in [0.2, 0.25) is 0 Å². The maximum atomic E-state index is 13.5. The Balaban J connectivity index is 2.07. The molecule has 0 aliphatic carbocycles. The Labute approximate surface area is 121 Å². The van der Waals surface area contributed by atoms with Crippen molar-refractivity contribution in [2.45, 2.75) is 25.8 Å². The average Bonchev–Trinajstić information content (AvgIpc) is 2.36. The monoisotopic (exact) mass is 363 g/mol. The van der Waals surface area contributed by atoms with Crippen LogP contribution < -0.4 is 11.1 Å². The first kappa shape index (κ1) is 13.9. The van der Waals surface area contributed by atoms with Crippen LogP contribution in [0.1, 0.15) is 19.8 Å². The van der Waals surface area contributed by atoms with Crippen LogP contribution in [0.5, 0.6) is 0 Å². The summed E-state index contributed by atoms with van der Waals surface area (Å²) in [6.07, 6.45) is 2.29. The van der Waals surface area contributed by atoms with E-state index < -0.39 is 0 Å². The molecule has 1 unspecified atom stereocenters. The van der Waals surface area contributed by atoms with E-state index in [1.165, 1.54) is 12.5 Å². The molecule has 1 aliphatic heterocycles. The third kappa shape index (κ3) is 3.26. The fourth-order valence-corrected chi connectivity index (χ4v) is 2.86. The summed E-state index contributed by atoms with van der Waals surface area (Å²) in [5, 5.41) is 3.37. The Kier molecular flexibility index (Phi) is 4.66. The largest absolute Gasteiger partial charge is 0.397 e. The van der Waals surface area contributed by atoms with Crippen molar-refractivity contribution in [3.8, 4) is 0 Å². The van der Waals surface area contributed by atoms with Gasteiger partial charge >= 0.3 is 0 Å². The third-order valence-electron chi connectivity index (χ3n) is 3.40. The second-order valence-electron chi connectivity index (χ2n) is 4.73. The van der Waals surface area contributed by atoms with E-state index in [0.717, 1.165) is 31.7 Å². The minimum absolute atomic E-state index is 0.213. The molecule has 1 aromatic carbocycles. The summed E-state index contributed by atoms with van der Waals surface area (Å²) >= 11 is 1.96. The van der Waals surface area contributed by atoms with E-state index in [1.807, 2.05) is 22.6 Å². The van der Waals surface area contributed by atoms with Crippen molar-refractivity contribution in [1.29, 1.82) is 0 Å². The molecule has 0 spiro atoms. The first-order valence-corrected chi connectivity index (χ1v) is 7.41. The summed E-state index contributed by atoms with van der Waals surface area (Å²) in [5.74, 6) is -0.213. The summed E-state index contributed by atoms with van der Waals surface area (Å²) in [5.41, 5.74) is 7.27. The Hall–Kier alpha value is -0.560. The van der Waals surface area contributed by atoms with Crippen LogP contribution in [-0.4, -0.2) is 30.6 Å². The van der Waals surface area contributed by atoms with E-state index in [2.05, 4.69) is 17.1 Å². The Morgan fingerprint density at radius 2 is 2.33 bits per heavy atom. The summed E-state index contributed by atoms with van der Waals surface area (Å²) < 4.78 is 14.1. The van der Waals surface area contributed by atoms with Gasteiger partial charge in [-0.2, -0.15) is 0 Å². The molecule has 2 rings (SSSR count). The van der Waals surface area contributed by atoms with Crippen molar-refractivity contribution in [2.24, 2.45) is 0 Å². The van der Waals surface area contributed by atoms with Gasteiger partial charge in [0, 0.05) is 18.7 Å². The first-order chi connectivity index (χ1) is 8.60. The molecule has 0 radical (unpaired) electrons. The SMILES string of the molecule is CCN1CCCC(Nc2cc(F)c(I)cc2N)C1. The van der Waals surface area contributed by atoms with Crippen LogP contribution in [0.25, 0.3) is 0 Å². The van der Waals surface area contributed by atoms with E-state index in [1.54, 1.807) is 6.07 Å². The van der Waals surface area contributed by atoms with Crippen molar-refractivity contribution in [2.75, 3.05) is 30.7 Å². The van der Waals surface area contributed by atoms with Gasteiger partial charge in [-0.25, -0.2) is 4.39 Å². The number of nitrogens with zero attached hydrogens (tertiary/aromatic N) is 1. The highest BCUT2D eigenvalue weighted by Gasteiger charge is 2.19. The molecule has 18 heavy (non-hydrogen) atoms. The second-order valence-corrected chi connectivity index (χ2v) is 5.89. The van der Waals surface area contributed by atoms with Gasteiger partial charge in [-0.05, 0) is 54.6 Å². The molecule has 0 saturated carbocycles. The van der Waals surface area contributed by atoms with Crippen molar-refractivity contribution in [3.63, 3.8) is 0 Å². The maximum absolute atomic E-state index is 13.5. The first-order valence-electron chi connectivity index (χ1n) is 6.33. The van der Waals surface area contributed by atoms with E-state index in [0.29, 0.717) is 15.3 Å². The molecule has 1 aromatic rings. The van der Waals surface area contributed by atoms with Crippen LogP contribution >= 0.6 is 22.6 Å². The predicted molar refractivity (Wildman–Crippen MR) is 82.3 cm³/mol. The van der Waals surface area contributed by atoms with Crippen molar-refractivity contribution in [3.05, 3.63) is 21.5 Å². The second kappa shape index (κ2) is 6.06. The number of nitrogen functional groups attached to an aromatic ring is 1. The van der Waals surface area contributed by atoms with Gasteiger partial charge in [-0.1, -0.05) is 6.92 Å². The molecule has 1 heterocycles. The van der Waals surface area contributed by atoms with E-state index in [9.17, 15) is 4.39 Å². The number of likely N-dealkylation sites (N-methyl/N-ethyl adjacent to an activating group) is 1. The number of likely N-dealkylation sites (tertiary alicyclic amines) is 1. The summed E-state index contributed by atoms with van der Waals surface area (Å²) in [6, 6.07) is 3.54. The van der Waals surface area contributed by atoms with E-state index in [-0.39, 0.29) is 5.82 Å². The third-order valence-corrected chi connectivity index (χ3v) is 4.23. The van der Waals surface area contributed by atoms with Crippen LogP contribution in [0.3, 0.4) is 0 Å². The van der Waals surface area contributed by atoms with E-state index in [4.69, 9.17) is 5.73 Å². The lowest BCUT2D eigenvalue weighted by atomic mass is 10.1. The number of anilines is 2. The highest BCUT2D eigenvalue weighted by Crippen LogP contribution is 2.26. The molecule has 0 amide bonds. The standard InChI is InChI=1S/C13H19FIN3/c1-2-18-5-3-4-9(8-18)17-13-6-10(14)11(15)7-12(13)16/h6-7,9,17H,2-5,8,16H2,1H3. The van der Waals surface area contributed by atoms with Crippen molar-refractivity contribution in [1.82, 2.24) is 4.90 Å². The molecule has 3 N–H and O–H groups in total. The number of hydrogen-bond donors (Lipinski definition) is 2. The van der Waals surface area contributed by atoms with Gasteiger partial charge in [0.1, 0.15) is 5.82 Å². The quantitative estimate of drug-likeness (QED) is 0.641. The Bertz CT molecular complexity index is 425. The van der Waals surface area contributed by atoms with Crippen LogP contribution in [-0.2, 0) is 0 Å². The minimum Gasteiger partial charge on any atom is -0.397 e. The number of hydrogen-bond acceptors (Lipinski definition) is 3. The summed E-state index contributed by atoms with van der Waals surface area (Å²) in [4.78, 5) is 2.40. The number of nitrogens with one attached hydrogen (secondary N) is 1. The predicted octanol–water partition coefficient (Wildman–Crippen LogP) is 2.91. The lowest BCUT2D eigenvalue weighted by Gasteiger charge is -2.33. The van der Waals surface area contributed by atoms with Gasteiger partial charge in [-0.15, -0.1) is 0 Å². The number of piperidine rings is 1. The van der Waals surface area contributed by atoms with Crippen LogP contribution in [0.2, 0.25) is 0 Å². The molecule has 5 heteroatoms. The highest BCUT2D eigenvalue weighted by molar-refractivity contribution is 14.1. The average molecular weight is 363 g/mol. The zero-order valence-corrected chi connectivity index (χ0v) is 12.7. The smallest absolute Gasteiger partial charge is 0.138 e. The molecule has 0 aromatic heterocycles. The maximum Gasteiger partial charge on any atom is 0.138 e. The van der Waals surface area contributed by atoms with Gasteiger partial charge in [0.15, 0.2) is 0 Å². The number of nitrogens with two attached hydrogens (primary N) is 1. The van der Waals surface area contributed by atoms with Gasteiger partial charge in [0.05, 0.1) is 14.9 Å². The topological polar surface area (TPSA) is 41.3 Å². The molecular weight excluding hydrogens is 344 g/mol. The zero-order chi connectivity index (χ0) is 13.1. The fourth-order valence-electron chi connectivity index (χ4n) is 2.37. The van der Waals surface area contributed by atoms with E-state index >= 15 is 0 Å². The number of halogens is 2. The molecule has 3 nitrogen and oxygen atoms in total. The number of benzene rings is 1. The molecule has 1 saturated heterocycles. The fraction of sp³-hybridized carbons (Fsp3) is 0.538. The summed E-state index contributed by atoms with van der Waals surface area (Å²) in [7, 11) is 0. The van der Waals surface area contributed by atoms with Crippen molar-refractivity contribution < 1.29 is 4.39 Å². The molecular formula is C13H19FIN3. The lowest BCUT2D eigenvalue weighted by molar-refractivity contribution is 0.227. The number of rotatable bonds is 3. The molecule has 1 aliphatic rings. The minimum atomic E-state index is -0.213. The van der Waals surface area contributed by atoms with Crippen LogP contribution in [0.4, 0.5) is 15.8 Å². The van der Waals surface area contributed by atoms with Gasteiger partial charge < -0.3 is 16.0 Å². The normalized spacial score (nSPS) is 20.9. The van der Waals surface area contributed by atoms with Crippen molar-refractivity contribution >= 4 is 34.0 Å². The zero-order valence-electron chi connectivity index (χ0n) is 10.5. The lowest BCUT2D eigenvalue weighted by Crippen LogP contribution is -2.41. The molecule has 100 valence electrons. The van der Waals surface area contributed by atoms with Gasteiger partial charge in [0.25, 0.3) is 0 Å². The summed E-state index contributed by atoms with van der Waals surface area (Å²) in [6.45, 7) is 5.39. The van der Waals surface area contributed by atoms with Gasteiger partial charge in [-0.3, -0.25) is 0 Å². The highest BCUT2D eigenvalue weighted by atomic mass is 127. The molecule has 1 atom stereocenters. The molecule has 0 bridgehead atoms.